The molecular weight excluding hydrogens is 325 g/mol. The van der Waals surface area contributed by atoms with Crippen molar-refractivity contribution in [1.82, 2.24) is 10.1 Å². The van der Waals surface area contributed by atoms with Gasteiger partial charge in [0.25, 0.3) is 0 Å². The summed E-state index contributed by atoms with van der Waals surface area (Å²) in [7, 11) is 0. The van der Waals surface area contributed by atoms with Crippen LogP contribution in [-0.2, 0) is 0 Å². The molecule has 3 aromatic rings. The van der Waals surface area contributed by atoms with Crippen LogP contribution in [0.2, 0.25) is 0 Å². The maximum absolute atomic E-state index is 14.1. The minimum atomic E-state index is -0.411. The molecule has 0 aliphatic rings. The van der Waals surface area contributed by atoms with Gasteiger partial charge in [0.1, 0.15) is 5.82 Å². The van der Waals surface area contributed by atoms with Gasteiger partial charge in [-0.1, -0.05) is 21.1 Å². The number of anilines is 1. The first-order valence-electron chi connectivity index (χ1n) is 5.78. The molecule has 0 amide bonds. The van der Waals surface area contributed by atoms with Crippen molar-refractivity contribution in [2.24, 2.45) is 0 Å². The Hall–Kier alpha value is -2.21. The van der Waals surface area contributed by atoms with Gasteiger partial charge in [-0.25, -0.2) is 4.39 Å². The number of pyridine rings is 1. The van der Waals surface area contributed by atoms with E-state index < -0.39 is 5.82 Å². The zero-order valence-corrected chi connectivity index (χ0v) is 11.8. The molecule has 0 atom stereocenters. The van der Waals surface area contributed by atoms with E-state index in [1.54, 1.807) is 36.7 Å². The highest BCUT2D eigenvalue weighted by Gasteiger charge is 2.20. The van der Waals surface area contributed by atoms with Gasteiger partial charge in [-0.15, -0.1) is 0 Å². The van der Waals surface area contributed by atoms with Crippen LogP contribution in [0.5, 0.6) is 0 Å². The molecule has 3 rings (SSSR count). The van der Waals surface area contributed by atoms with Crippen LogP contribution < -0.4 is 5.73 Å². The Kier molecular flexibility index (Phi) is 3.23. The lowest BCUT2D eigenvalue weighted by Gasteiger charge is -2.04. The lowest BCUT2D eigenvalue weighted by atomic mass is 10.0. The molecular formula is C14H9BrFN3O. The van der Waals surface area contributed by atoms with Gasteiger partial charge in [0.2, 0.25) is 0 Å². The van der Waals surface area contributed by atoms with Gasteiger partial charge >= 0.3 is 0 Å². The molecule has 20 heavy (non-hydrogen) atoms. The fourth-order valence-corrected chi connectivity index (χ4v) is 2.29. The van der Waals surface area contributed by atoms with E-state index in [1.807, 2.05) is 0 Å². The number of hydrogen-bond donors (Lipinski definition) is 1. The largest absolute Gasteiger partial charge is 0.380 e. The van der Waals surface area contributed by atoms with Gasteiger partial charge in [0, 0.05) is 16.9 Å². The van der Waals surface area contributed by atoms with Crippen LogP contribution >= 0.6 is 15.9 Å². The highest BCUT2D eigenvalue weighted by Crippen LogP contribution is 2.37. The number of aromatic nitrogens is 2. The van der Waals surface area contributed by atoms with Crippen LogP contribution in [0, 0.1) is 5.82 Å². The molecule has 0 aliphatic heterocycles. The van der Waals surface area contributed by atoms with Crippen molar-refractivity contribution in [2.75, 3.05) is 5.73 Å². The number of nitrogen functional groups attached to an aromatic ring is 1. The van der Waals surface area contributed by atoms with Crippen LogP contribution in [0.25, 0.3) is 22.5 Å². The molecule has 0 aliphatic carbocycles. The van der Waals surface area contributed by atoms with E-state index >= 15 is 0 Å². The van der Waals surface area contributed by atoms with Gasteiger partial charge in [-0.2, -0.15) is 0 Å². The molecule has 1 aromatic carbocycles. The highest BCUT2D eigenvalue weighted by atomic mass is 79.9. The summed E-state index contributed by atoms with van der Waals surface area (Å²) in [6.45, 7) is 0. The number of benzene rings is 1. The Morgan fingerprint density at radius 1 is 1.15 bits per heavy atom. The zero-order chi connectivity index (χ0) is 14.1. The quantitative estimate of drug-likeness (QED) is 0.772. The van der Waals surface area contributed by atoms with Crippen LogP contribution in [0.1, 0.15) is 0 Å². The minimum absolute atomic E-state index is 0.216. The van der Waals surface area contributed by atoms with Gasteiger partial charge in [-0.3, -0.25) is 4.98 Å². The number of nitrogens with zero attached hydrogens (tertiary/aromatic N) is 2. The standard InChI is InChI=1S/C14H9BrFN3O/c15-9-1-2-10(11(16)7-9)13-12(14(17)19-20-13)8-3-5-18-6-4-8/h1-7H,(H2,17,19). The molecule has 2 N–H and O–H groups in total. The first-order chi connectivity index (χ1) is 9.66. The third-order valence-corrected chi connectivity index (χ3v) is 3.36. The molecule has 0 radical (unpaired) electrons. The third kappa shape index (κ3) is 2.18. The summed E-state index contributed by atoms with van der Waals surface area (Å²) >= 11 is 3.22. The smallest absolute Gasteiger partial charge is 0.179 e. The summed E-state index contributed by atoms with van der Waals surface area (Å²) < 4.78 is 19.9. The second kappa shape index (κ2) is 5.05. The predicted octanol–water partition coefficient (Wildman–Crippen LogP) is 3.89. The average molecular weight is 334 g/mol. The lowest BCUT2D eigenvalue weighted by molar-refractivity contribution is 0.433. The highest BCUT2D eigenvalue weighted by molar-refractivity contribution is 9.10. The van der Waals surface area contributed by atoms with Crippen LogP contribution in [-0.4, -0.2) is 10.1 Å². The number of nitrogens with two attached hydrogens (primary N) is 1. The fourth-order valence-electron chi connectivity index (χ4n) is 1.96. The Bertz CT molecular complexity index is 758. The van der Waals surface area contributed by atoms with Crippen LogP contribution in [0.4, 0.5) is 10.2 Å². The molecule has 6 heteroatoms. The Morgan fingerprint density at radius 3 is 2.60 bits per heavy atom. The van der Waals surface area contributed by atoms with Crippen molar-refractivity contribution in [3.05, 3.63) is 53.0 Å². The second-order valence-electron chi connectivity index (χ2n) is 4.13. The third-order valence-electron chi connectivity index (χ3n) is 2.86. The Labute approximate surface area is 122 Å². The lowest BCUT2D eigenvalue weighted by Crippen LogP contribution is -1.90. The van der Waals surface area contributed by atoms with Gasteiger partial charge in [0.15, 0.2) is 11.6 Å². The number of halogens is 2. The summed E-state index contributed by atoms with van der Waals surface area (Å²) in [5, 5.41) is 3.74. The molecule has 0 unspecified atom stereocenters. The number of hydrogen-bond acceptors (Lipinski definition) is 4. The molecule has 4 nitrogen and oxygen atoms in total. The van der Waals surface area contributed by atoms with Crippen molar-refractivity contribution in [3.8, 4) is 22.5 Å². The first kappa shape index (κ1) is 12.8. The zero-order valence-electron chi connectivity index (χ0n) is 10.2. The molecule has 0 spiro atoms. The fraction of sp³-hybridized carbons (Fsp3) is 0. The molecule has 0 bridgehead atoms. The predicted molar refractivity (Wildman–Crippen MR) is 77.2 cm³/mol. The van der Waals surface area contributed by atoms with Gasteiger partial charge in [0.05, 0.1) is 11.1 Å². The van der Waals surface area contributed by atoms with Crippen molar-refractivity contribution in [2.45, 2.75) is 0 Å². The van der Waals surface area contributed by atoms with Crippen LogP contribution in [0.3, 0.4) is 0 Å². The monoisotopic (exact) mass is 333 g/mol. The maximum atomic E-state index is 14.1. The summed E-state index contributed by atoms with van der Waals surface area (Å²) in [5.74, 6) is 0.109. The molecule has 100 valence electrons. The summed E-state index contributed by atoms with van der Waals surface area (Å²) in [6.07, 6.45) is 3.26. The van der Waals surface area contributed by atoms with Crippen molar-refractivity contribution in [3.63, 3.8) is 0 Å². The Balaban J connectivity index is 2.21. The summed E-state index contributed by atoms with van der Waals surface area (Å²) in [6, 6.07) is 8.24. The normalized spacial score (nSPS) is 10.7. The van der Waals surface area contributed by atoms with Crippen LogP contribution in [0.15, 0.2) is 51.7 Å². The molecule has 0 fully saturated rings. The van der Waals surface area contributed by atoms with E-state index in [2.05, 4.69) is 26.1 Å². The van der Waals surface area contributed by atoms with E-state index in [-0.39, 0.29) is 5.82 Å². The van der Waals surface area contributed by atoms with Gasteiger partial charge < -0.3 is 10.3 Å². The van der Waals surface area contributed by atoms with E-state index in [9.17, 15) is 4.39 Å². The first-order valence-corrected chi connectivity index (χ1v) is 6.57. The van der Waals surface area contributed by atoms with E-state index in [0.29, 0.717) is 21.4 Å². The Morgan fingerprint density at radius 2 is 1.90 bits per heavy atom. The SMILES string of the molecule is Nc1noc(-c2ccc(Br)cc2F)c1-c1ccncc1. The molecule has 0 saturated carbocycles. The van der Waals surface area contributed by atoms with E-state index in [0.717, 1.165) is 5.56 Å². The molecule has 0 saturated heterocycles. The number of rotatable bonds is 2. The average Bonchev–Trinajstić information content (AvgIpc) is 2.81. The van der Waals surface area contributed by atoms with Gasteiger partial charge in [-0.05, 0) is 35.9 Å². The maximum Gasteiger partial charge on any atom is 0.179 e. The van der Waals surface area contributed by atoms with Crippen molar-refractivity contribution in [1.29, 1.82) is 0 Å². The van der Waals surface area contributed by atoms with Crippen molar-refractivity contribution >= 4 is 21.7 Å². The van der Waals surface area contributed by atoms with Crippen molar-refractivity contribution < 1.29 is 8.91 Å². The summed E-state index contributed by atoms with van der Waals surface area (Å²) in [5.41, 5.74) is 7.48. The molecule has 2 heterocycles. The second-order valence-corrected chi connectivity index (χ2v) is 5.05. The topological polar surface area (TPSA) is 64.9 Å². The van der Waals surface area contributed by atoms with E-state index in [1.165, 1.54) is 6.07 Å². The minimum Gasteiger partial charge on any atom is -0.380 e. The summed E-state index contributed by atoms with van der Waals surface area (Å²) in [4.78, 5) is 3.94. The molecule has 2 aromatic heterocycles. The van der Waals surface area contributed by atoms with E-state index in [4.69, 9.17) is 10.3 Å².